The highest BCUT2D eigenvalue weighted by Crippen LogP contribution is 2.50. The van der Waals surface area contributed by atoms with Crippen LogP contribution in [-0.4, -0.2) is 11.1 Å². The highest BCUT2D eigenvalue weighted by atomic mass is 16.4. The Kier molecular flexibility index (Phi) is 7.59. The van der Waals surface area contributed by atoms with Crippen LogP contribution in [0.5, 0.6) is 0 Å². The average molecular weight is 325 g/mol. The Hall–Kier alpha value is -0.790. The lowest BCUT2D eigenvalue weighted by atomic mass is 9.59. The largest absolute Gasteiger partial charge is 0.481 e. The second-order valence-corrected chi connectivity index (χ2v) is 9.54. The van der Waals surface area contributed by atoms with Crippen molar-refractivity contribution in [2.24, 2.45) is 21.7 Å². The van der Waals surface area contributed by atoms with Crippen molar-refractivity contribution < 1.29 is 9.90 Å². The smallest absolute Gasteiger partial charge is 0.309 e. The molecule has 1 unspecified atom stereocenters. The van der Waals surface area contributed by atoms with E-state index in [0.717, 1.165) is 12.8 Å². The van der Waals surface area contributed by atoms with Gasteiger partial charge in [0.05, 0.1) is 5.41 Å². The molecule has 0 amide bonds. The molecule has 0 saturated heterocycles. The van der Waals surface area contributed by atoms with Gasteiger partial charge in [0.1, 0.15) is 0 Å². The molecule has 2 heteroatoms. The summed E-state index contributed by atoms with van der Waals surface area (Å²) >= 11 is 0. The molecule has 0 aliphatic carbocycles. The summed E-state index contributed by atoms with van der Waals surface area (Å²) in [6, 6.07) is 0. The van der Waals surface area contributed by atoms with Gasteiger partial charge < -0.3 is 5.11 Å². The molecule has 0 aromatic carbocycles. The fourth-order valence-electron chi connectivity index (χ4n) is 3.62. The molecule has 0 bridgehead atoms. The Bertz CT molecular complexity index is 416. The molecule has 0 radical (unpaired) electrons. The summed E-state index contributed by atoms with van der Waals surface area (Å²) in [4.78, 5) is 11.5. The summed E-state index contributed by atoms with van der Waals surface area (Å²) in [7, 11) is 0. The van der Waals surface area contributed by atoms with E-state index in [9.17, 15) is 9.90 Å². The first-order valence-corrected chi connectivity index (χ1v) is 9.14. The maximum absolute atomic E-state index is 11.5. The van der Waals surface area contributed by atoms with Gasteiger partial charge in [0, 0.05) is 0 Å². The van der Waals surface area contributed by atoms with Crippen molar-refractivity contribution in [3.8, 4) is 0 Å². The summed E-state index contributed by atoms with van der Waals surface area (Å²) in [6.07, 6.45) is 9.88. The van der Waals surface area contributed by atoms with Crippen LogP contribution in [0.2, 0.25) is 0 Å². The molecule has 0 fully saturated rings. The van der Waals surface area contributed by atoms with E-state index in [1.807, 2.05) is 13.8 Å². The van der Waals surface area contributed by atoms with Crippen LogP contribution >= 0.6 is 0 Å². The molecule has 2 nitrogen and oxygen atoms in total. The van der Waals surface area contributed by atoms with Crippen molar-refractivity contribution in [1.82, 2.24) is 0 Å². The zero-order valence-electron chi connectivity index (χ0n) is 17.0. The van der Waals surface area contributed by atoms with Crippen LogP contribution < -0.4 is 0 Å². The molecule has 0 aliphatic heterocycles. The third kappa shape index (κ3) is 6.31. The van der Waals surface area contributed by atoms with E-state index in [1.165, 1.54) is 12.8 Å². The quantitative estimate of drug-likeness (QED) is 0.454. The second-order valence-electron chi connectivity index (χ2n) is 9.54. The predicted octanol–water partition coefficient (Wildman–Crippen LogP) is 6.70. The Balaban J connectivity index is 5.23. The summed E-state index contributed by atoms with van der Waals surface area (Å²) in [5, 5.41) is 9.47. The van der Waals surface area contributed by atoms with Gasteiger partial charge in [-0.2, -0.15) is 0 Å². The standard InChI is InChI=1S/C21H40O2/c1-10-13-18(3,4)14-12-15-21(9,11-2)20(7,8)16-19(5,6)17(22)23/h12,15H,10-11,13-14,16H2,1-9H3,(H,22,23). The van der Waals surface area contributed by atoms with Gasteiger partial charge in [0.25, 0.3) is 0 Å². The molecule has 0 aromatic heterocycles. The van der Waals surface area contributed by atoms with Crippen LogP contribution in [0.4, 0.5) is 0 Å². The van der Waals surface area contributed by atoms with E-state index < -0.39 is 11.4 Å². The monoisotopic (exact) mass is 324 g/mol. The Labute approximate surface area is 144 Å². The fraction of sp³-hybridized carbons (Fsp3) is 0.857. The Morgan fingerprint density at radius 3 is 1.91 bits per heavy atom. The van der Waals surface area contributed by atoms with Crippen LogP contribution in [0.3, 0.4) is 0 Å². The van der Waals surface area contributed by atoms with E-state index in [2.05, 4.69) is 60.6 Å². The van der Waals surface area contributed by atoms with Gasteiger partial charge in [0.2, 0.25) is 0 Å². The number of carbonyl (C=O) groups is 1. The average Bonchev–Trinajstić information content (AvgIpc) is 2.36. The van der Waals surface area contributed by atoms with Gasteiger partial charge in [-0.05, 0) is 55.8 Å². The van der Waals surface area contributed by atoms with Crippen LogP contribution in [0.15, 0.2) is 12.2 Å². The van der Waals surface area contributed by atoms with Gasteiger partial charge >= 0.3 is 5.97 Å². The van der Waals surface area contributed by atoms with Gasteiger partial charge in [-0.1, -0.05) is 67.0 Å². The second kappa shape index (κ2) is 7.85. The maximum atomic E-state index is 11.5. The zero-order valence-corrected chi connectivity index (χ0v) is 17.0. The highest BCUT2D eigenvalue weighted by Gasteiger charge is 2.43. The number of carboxylic acids is 1. The first kappa shape index (κ1) is 22.2. The normalized spacial score (nSPS) is 16.6. The lowest BCUT2D eigenvalue weighted by molar-refractivity contribution is -0.149. The summed E-state index contributed by atoms with van der Waals surface area (Å²) in [6.45, 7) is 19.4. The molecule has 1 atom stereocenters. The van der Waals surface area contributed by atoms with Gasteiger partial charge in [0.15, 0.2) is 0 Å². The number of allylic oxidation sites excluding steroid dienone is 2. The first-order chi connectivity index (χ1) is 10.2. The minimum Gasteiger partial charge on any atom is -0.481 e. The lowest BCUT2D eigenvalue weighted by Gasteiger charge is -2.45. The third-order valence-electron chi connectivity index (χ3n) is 5.83. The molecule has 1 N–H and O–H groups in total. The van der Waals surface area contributed by atoms with Crippen molar-refractivity contribution in [3.63, 3.8) is 0 Å². The van der Waals surface area contributed by atoms with E-state index in [-0.39, 0.29) is 10.8 Å². The third-order valence-corrected chi connectivity index (χ3v) is 5.83. The number of hydrogen-bond donors (Lipinski definition) is 1. The van der Waals surface area contributed by atoms with Crippen molar-refractivity contribution in [2.45, 2.75) is 94.4 Å². The van der Waals surface area contributed by atoms with E-state index in [4.69, 9.17) is 0 Å². The topological polar surface area (TPSA) is 37.3 Å². The number of aliphatic carboxylic acids is 1. The number of rotatable bonds is 10. The van der Waals surface area contributed by atoms with E-state index in [1.54, 1.807) is 0 Å². The molecule has 136 valence electrons. The van der Waals surface area contributed by atoms with Crippen molar-refractivity contribution in [3.05, 3.63) is 12.2 Å². The highest BCUT2D eigenvalue weighted by molar-refractivity contribution is 5.73. The van der Waals surface area contributed by atoms with Crippen molar-refractivity contribution in [1.29, 1.82) is 0 Å². The number of hydrogen-bond acceptors (Lipinski definition) is 1. The Morgan fingerprint density at radius 2 is 1.52 bits per heavy atom. The van der Waals surface area contributed by atoms with E-state index in [0.29, 0.717) is 11.8 Å². The molecular weight excluding hydrogens is 284 g/mol. The molecule has 0 saturated carbocycles. The zero-order chi connectivity index (χ0) is 18.5. The lowest BCUT2D eigenvalue weighted by Crippen LogP contribution is -2.39. The predicted molar refractivity (Wildman–Crippen MR) is 101 cm³/mol. The van der Waals surface area contributed by atoms with Crippen LogP contribution in [0.1, 0.15) is 94.4 Å². The molecular formula is C21H40O2. The fourth-order valence-corrected chi connectivity index (χ4v) is 3.62. The van der Waals surface area contributed by atoms with E-state index >= 15 is 0 Å². The van der Waals surface area contributed by atoms with Crippen LogP contribution in [0.25, 0.3) is 0 Å². The molecule has 0 heterocycles. The van der Waals surface area contributed by atoms with Gasteiger partial charge in [-0.25, -0.2) is 0 Å². The molecule has 0 aliphatic rings. The minimum absolute atomic E-state index is 0.00200. The summed E-state index contributed by atoms with van der Waals surface area (Å²) < 4.78 is 0. The van der Waals surface area contributed by atoms with Crippen LogP contribution in [0, 0.1) is 21.7 Å². The maximum Gasteiger partial charge on any atom is 0.309 e. The Morgan fingerprint density at radius 1 is 1.00 bits per heavy atom. The van der Waals surface area contributed by atoms with Crippen molar-refractivity contribution in [2.75, 3.05) is 0 Å². The molecule has 0 spiro atoms. The molecule has 0 rings (SSSR count). The molecule has 23 heavy (non-hydrogen) atoms. The first-order valence-electron chi connectivity index (χ1n) is 9.14. The van der Waals surface area contributed by atoms with Gasteiger partial charge in [-0.3, -0.25) is 4.79 Å². The summed E-state index contributed by atoms with van der Waals surface area (Å²) in [5.74, 6) is -0.711. The minimum atomic E-state index is -0.711. The SMILES string of the molecule is CCCC(C)(C)CC=CC(C)(CC)C(C)(C)CC(C)(C)C(=O)O. The number of carboxylic acid groups (broad SMARTS) is 1. The molecule has 0 aromatic rings. The van der Waals surface area contributed by atoms with Crippen molar-refractivity contribution >= 4 is 5.97 Å². The van der Waals surface area contributed by atoms with Crippen LogP contribution in [-0.2, 0) is 4.79 Å². The summed E-state index contributed by atoms with van der Waals surface area (Å²) in [5.41, 5.74) is -0.434. The van der Waals surface area contributed by atoms with Gasteiger partial charge in [-0.15, -0.1) is 0 Å².